The number of hydrogen-bond acceptors (Lipinski definition) is 5. The maximum Gasteiger partial charge on any atom is 0.306 e. The van der Waals surface area contributed by atoms with Gasteiger partial charge in [0.05, 0.1) is 18.9 Å². The molecule has 0 radical (unpaired) electrons. The topological polar surface area (TPSA) is 73.9 Å². The molecule has 2 rings (SSSR count). The van der Waals surface area contributed by atoms with E-state index in [1.54, 1.807) is 12.1 Å². The van der Waals surface area contributed by atoms with E-state index in [0.717, 1.165) is 12.1 Å². The molecule has 150 valence electrons. The third-order valence-corrected chi connectivity index (χ3v) is 3.50. The zero-order valence-electron chi connectivity index (χ0n) is 15.4. The van der Waals surface area contributed by atoms with Crippen molar-refractivity contribution in [2.45, 2.75) is 19.8 Å². The van der Waals surface area contributed by atoms with E-state index in [1.165, 1.54) is 0 Å². The van der Waals surface area contributed by atoms with Gasteiger partial charge in [0, 0.05) is 12.5 Å². The molecule has 0 spiro atoms. The van der Waals surface area contributed by atoms with Crippen molar-refractivity contribution in [3.05, 3.63) is 54.1 Å². The standard InChI is InChI=1S/C20H21F2NO5/c1-2-26-17-6-3-4-7-18(17)27-11-5-8-20(25)28-13-19(24)23-16-10-9-14(21)12-15(16)22/h3-4,6-7,9-10,12H,2,5,8,11,13H2,1H3,(H,23,24). The molecule has 1 N–H and O–H groups in total. The molecule has 0 saturated heterocycles. The maximum absolute atomic E-state index is 13.4. The Morgan fingerprint density at radius 3 is 2.43 bits per heavy atom. The minimum absolute atomic E-state index is 0.0506. The van der Waals surface area contributed by atoms with Gasteiger partial charge in [-0.3, -0.25) is 9.59 Å². The first-order valence-corrected chi connectivity index (χ1v) is 8.74. The van der Waals surface area contributed by atoms with Gasteiger partial charge in [-0.25, -0.2) is 8.78 Å². The summed E-state index contributed by atoms with van der Waals surface area (Å²) in [5.74, 6) is -1.77. The Morgan fingerprint density at radius 1 is 1.04 bits per heavy atom. The number of ether oxygens (including phenoxy) is 3. The largest absolute Gasteiger partial charge is 0.490 e. The number of anilines is 1. The monoisotopic (exact) mass is 393 g/mol. The molecule has 6 nitrogen and oxygen atoms in total. The van der Waals surface area contributed by atoms with Crippen LogP contribution in [0.4, 0.5) is 14.5 Å². The van der Waals surface area contributed by atoms with Gasteiger partial charge in [-0.2, -0.15) is 0 Å². The van der Waals surface area contributed by atoms with E-state index in [0.29, 0.717) is 30.6 Å². The summed E-state index contributed by atoms with van der Waals surface area (Å²) in [4.78, 5) is 23.4. The van der Waals surface area contributed by atoms with Gasteiger partial charge in [-0.05, 0) is 37.6 Å². The average molecular weight is 393 g/mol. The van der Waals surface area contributed by atoms with Crippen LogP contribution in [0.3, 0.4) is 0 Å². The fourth-order valence-corrected chi connectivity index (χ4v) is 2.24. The third-order valence-electron chi connectivity index (χ3n) is 3.50. The lowest BCUT2D eigenvalue weighted by Gasteiger charge is -2.11. The van der Waals surface area contributed by atoms with Crippen LogP contribution in [-0.4, -0.2) is 31.7 Å². The van der Waals surface area contributed by atoms with Crippen molar-refractivity contribution in [2.75, 3.05) is 25.1 Å². The first-order valence-electron chi connectivity index (χ1n) is 8.74. The van der Waals surface area contributed by atoms with Gasteiger partial charge in [0.15, 0.2) is 18.1 Å². The molecule has 2 aromatic carbocycles. The molecule has 28 heavy (non-hydrogen) atoms. The summed E-state index contributed by atoms with van der Waals surface area (Å²) in [6, 6.07) is 9.94. The van der Waals surface area contributed by atoms with Crippen LogP contribution >= 0.6 is 0 Å². The van der Waals surface area contributed by atoms with E-state index in [1.807, 2.05) is 19.1 Å². The average Bonchev–Trinajstić information content (AvgIpc) is 2.67. The summed E-state index contributed by atoms with van der Waals surface area (Å²) in [5.41, 5.74) is -0.191. The van der Waals surface area contributed by atoms with Crippen LogP contribution in [0.2, 0.25) is 0 Å². The molecule has 0 unspecified atom stereocenters. The van der Waals surface area contributed by atoms with Crippen molar-refractivity contribution >= 4 is 17.6 Å². The maximum atomic E-state index is 13.4. The second-order valence-corrected chi connectivity index (χ2v) is 5.66. The van der Waals surface area contributed by atoms with E-state index in [9.17, 15) is 18.4 Å². The lowest BCUT2D eigenvalue weighted by molar-refractivity contribution is -0.147. The predicted octanol–water partition coefficient (Wildman–Crippen LogP) is 3.70. The summed E-state index contributed by atoms with van der Waals surface area (Å²) in [7, 11) is 0. The van der Waals surface area contributed by atoms with Crippen molar-refractivity contribution in [1.29, 1.82) is 0 Å². The number of rotatable bonds is 10. The Morgan fingerprint density at radius 2 is 1.75 bits per heavy atom. The predicted molar refractivity (Wildman–Crippen MR) is 98.3 cm³/mol. The van der Waals surface area contributed by atoms with Crippen molar-refractivity contribution in [1.82, 2.24) is 0 Å². The van der Waals surface area contributed by atoms with Gasteiger partial charge in [0.1, 0.15) is 11.6 Å². The Labute approximate surface area is 161 Å². The van der Waals surface area contributed by atoms with Gasteiger partial charge in [0.25, 0.3) is 5.91 Å². The molecule has 2 aromatic rings. The molecule has 0 fully saturated rings. The molecule has 8 heteroatoms. The smallest absolute Gasteiger partial charge is 0.306 e. The molecular formula is C20H21F2NO5. The first kappa shape index (κ1) is 21.1. The van der Waals surface area contributed by atoms with Crippen LogP contribution in [0.15, 0.2) is 42.5 Å². The Kier molecular flexibility index (Phi) is 8.20. The van der Waals surface area contributed by atoms with Crippen LogP contribution in [0.5, 0.6) is 11.5 Å². The number of esters is 1. The first-order chi connectivity index (χ1) is 13.5. The third kappa shape index (κ3) is 6.86. The van der Waals surface area contributed by atoms with Gasteiger partial charge in [0.2, 0.25) is 0 Å². The zero-order chi connectivity index (χ0) is 20.4. The van der Waals surface area contributed by atoms with Crippen LogP contribution in [0.1, 0.15) is 19.8 Å². The summed E-state index contributed by atoms with van der Waals surface area (Å²) >= 11 is 0. The number of para-hydroxylation sites is 2. The molecule has 0 aliphatic heterocycles. The number of amides is 1. The van der Waals surface area contributed by atoms with Gasteiger partial charge >= 0.3 is 5.97 Å². The molecule has 0 aliphatic carbocycles. The molecule has 0 heterocycles. The van der Waals surface area contributed by atoms with E-state index in [-0.39, 0.29) is 18.7 Å². The van der Waals surface area contributed by atoms with Crippen LogP contribution < -0.4 is 14.8 Å². The van der Waals surface area contributed by atoms with Crippen molar-refractivity contribution in [3.63, 3.8) is 0 Å². The van der Waals surface area contributed by atoms with Gasteiger partial charge in [-0.1, -0.05) is 12.1 Å². The van der Waals surface area contributed by atoms with Crippen molar-refractivity contribution in [3.8, 4) is 11.5 Å². The number of benzene rings is 2. The van der Waals surface area contributed by atoms with Crippen LogP contribution in [0.25, 0.3) is 0 Å². The van der Waals surface area contributed by atoms with Crippen LogP contribution in [-0.2, 0) is 14.3 Å². The van der Waals surface area contributed by atoms with E-state index < -0.39 is 30.1 Å². The Balaban J connectivity index is 1.66. The second kappa shape index (κ2) is 10.9. The number of carbonyl (C=O) groups excluding carboxylic acids is 2. The lowest BCUT2D eigenvalue weighted by Crippen LogP contribution is -2.21. The molecule has 0 atom stereocenters. The normalized spacial score (nSPS) is 10.2. The number of nitrogens with one attached hydrogen (secondary N) is 1. The number of hydrogen-bond donors (Lipinski definition) is 1. The summed E-state index contributed by atoms with van der Waals surface area (Å²) in [5, 5.41) is 2.20. The van der Waals surface area contributed by atoms with Crippen molar-refractivity contribution < 1.29 is 32.6 Å². The highest BCUT2D eigenvalue weighted by Crippen LogP contribution is 2.26. The highest BCUT2D eigenvalue weighted by atomic mass is 19.1. The minimum atomic E-state index is -0.913. The fraction of sp³-hybridized carbons (Fsp3) is 0.300. The Hall–Kier alpha value is -3.16. The SMILES string of the molecule is CCOc1ccccc1OCCCC(=O)OCC(=O)Nc1ccc(F)cc1F. The second-order valence-electron chi connectivity index (χ2n) is 5.66. The Bertz CT molecular complexity index is 813. The number of carbonyl (C=O) groups is 2. The summed E-state index contributed by atoms with van der Waals surface area (Å²) < 4.78 is 42.1. The molecule has 0 bridgehead atoms. The minimum Gasteiger partial charge on any atom is -0.490 e. The highest BCUT2D eigenvalue weighted by molar-refractivity contribution is 5.92. The molecule has 0 aromatic heterocycles. The van der Waals surface area contributed by atoms with E-state index in [2.05, 4.69) is 5.32 Å². The molecule has 0 saturated carbocycles. The number of halogens is 2. The fourth-order valence-electron chi connectivity index (χ4n) is 2.24. The summed E-state index contributed by atoms with van der Waals surface area (Å²) in [6.07, 6.45) is 0.433. The molecule has 1 amide bonds. The quantitative estimate of drug-likeness (QED) is 0.492. The zero-order valence-corrected chi connectivity index (χ0v) is 15.4. The lowest BCUT2D eigenvalue weighted by atomic mass is 10.3. The molecule has 0 aliphatic rings. The summed E-state index contributed by atoms with van der Waals surface area (Å²) in [6.45, 7) is 2.08. The van der Waals surface area contributed by atoms with Gasteiger partial charge in [-0.15, -0.1) is 0 Å². The van der Waals surface area contributed by atoms with E-state index >= 15 is 0 Å². The van der Waals surface area contributed by atoms with Gasteiger partial charge < -0.3 is 19.5 Å². The van der Waals surface area contributed by atoms with E-state index in [4.69, 9.17) is 14.2 Å². The highest BCUT2D eigenvalue weighted by Gasteiger charge is 2.11. The van der Waals surface area contributed by atoms with Crippen LogP contribution in [0, 0.1) is 11.6 Å². The van der Waals surface area contributed by atoms with Crippen molar-refractivity contribution in [2.24, 2.45) is 0 Å². The molecular weight excluding hydrogens is 372 g/mol.